The van der Waals surface area contributed by atoms with E-state index in [1.165, 1.54) is 0 Å². The van der Waals surface area contributed by atoms with E-state index in [-0.39, 0.29) is 16.6 Å². The minimum absolute atomic E-state index is 0.107. The van der Waals surface area contributed by atoms with Crippen LogP contribution in [0.3, 0.4) is 0 Å². The van der Waals surface area contributed by atoms with Gasteiger partial charge in [0.05, 0.1) is 11.1 Å². The number of cyclic esters (lactones) is 1. The van der Waals surface area contributed by atoms with Crippen LogP contribution < -0.4 is 5.32 Å². The molecule has 0 saturated heterocycles. The second-order valence-electron chi connectivity index (χ2n) is 2.70. The number of aliphatic hydroxyl groups excluding tert-OH is 1. The van der Waals surface area contributed by atoms with Gasteiger partial charge in [-0.2, -0.15) is 0 Å². The average molecular weight is 226 g/mol. The zero-order chi connectivity index (χ0) is 10.0. The van der Waals surface area contributed by atoms with Gasteiger partial charge in [0.15, 0.2) is 6.23 Å². The lowest BCUT2D eigenvalue weighted by atomic mass is 10.4. The molecular formula is C7H9Cl2NO3. The van der Waals surface area contributed by atoms with Crippen LogP contribution in [0.5, 0.6) is 0 Å². The maximum absolute atomic E-state index is 10.8. The molecule has 2 unspecified atom stereocenters. The van der Waals surface area contributed by atoms with Gasteiger partial charge in [-0.3, -0.25) is 5.32 Å². The van der Waals surface area contributed by atoms with Gasteiger partial charge in [0.1, 0.15) is 5.03 Å². The minimum atomic E-state index is -0.726. The lowest BCUT2D eigenvalue weighted by Gasteiger charge is -2.13. The van der Waals surface area contributed by atoms with Crippen LogP contribution in [0.4, 0.5) is 0 Å². The number of hydrogen-bond acceptors (Lipinski definition) is 4. The van der Waals surface area contributed by atoms with Crippen molar-refractivity contribution < 1.29 is 14.6 Å². The molecule has 0 bridgehead atoms. The van der Waals surface area contributed by atoms with Crippen molar-refractivity contribution in [2.45, 2.75) is 19.3 Å². The predicted octanol–water partition coefficient (Wildman–Crippen LogP) is 0.529. The summed E-state index contributed by atoms with van der Waals surface area (Å²) >= 11 is 11.2. The van der Waals surface area contributed by atoms with E-state index < -0.39 is 18.3 Å². The maximum atomic E-state index is 10.8. The molecule has 2 N–H and O–H groups in total. The smallest absolute Gasteiger partial charge is 0.353 e. The van der Waals surface area contributed by atoms with E-state index in [9.17, 15) is 4.79 Å². The zero-order valence-corrected chi connectivity index (χ0v) is 8.39. The highest BCUT2D eigenvalue weighted by Crippen LogP contribution is 2.26. The van der Waals surface area contributed by atoms with E-state index in [0.29, 0.717) is 0 Å². The number of nitrogens with one attached hydrogen (secondary N) is 1. The second kappa shape index (κ2) is 4.28. The van der Waals surface area contributed by atoms with Crippen LogP contribution in [0, 0.1) is 0 Å². The molecule has 1 aliphatic rings. The molecule has 1 rings (SSSR count). The lowest BCUT2D eigenvalue weighted by molar-refractivity contribution is -0.140. The minimum Gasteiger partial charge on any atom is -0.437 e. The highest BCUT2D eigenvalue weighted by atomic mass is 35.5. The van der Waals surface area contributed by atoms with Gasteiger partial charge in [0.25, 0.3) is 0 Å². The fourth-order valence-electron chi connectivity index (χ4n) is 0.832. The molecule has 0 saturated carbocycles. The number of aliphatic hydroxyl groups is 1. The summed E-state index contributed by atoms with van der Waals surface area (Å²) in [6.07, 6.45) is -1.26. The van der Waals surface area contributed by atoms with Gasteiger partial charge < -0.3 is 9.84 Å². The van der Waals surface area contributed by atoms with Crippen LogP contribution in [0.2, 0.25) is 0 Å². The van der Waals surface area contributed by atoms with E-state index >= 15 is 0 Å². The van der Waals surface area contributed by atoms with Crippen molar-refractivity contribution in [1.82, 2.24) is 5.32 Å². The fraction of sp³-hybridized carbons (Fsp3) is 0.571. The van der Waals surface area contributed by atoms with Crippen molar-refractivity contribution in [2.24, 2.45) is 0 Å². The molecule has 0 aromatic carbocycles. The van der Waals surface area contributed by atoms with Crippen LogP contribution in [-0.2, 0) is 9.53 Å². The molecule has 0 spiro atoms. The Hall–Kier alpha value is -0.290. The van der Waals surface area contributed by atoms with Crippen LogP contribution in [0.15, 0.2) is 10.1 Å². The van der Waals surface area contributed by atoms with E-state index in [2.05, 4.69) is 5.32 Å². The molecule has 4 nitrogen and oxygen atoms in total. The number of esters is 1. The first-order chi connectivity index (χ1) is 6.02. The number of halogens is 2. The number of rotatable bonds is 3. The molecule has 2 atom stereocenters. The fourth-order valence-corrected chi connectivity index (χ4v) is 1.17. The average Bonchev–Trinajstić information content (AvgIpc) is 2.29. The highest BCUT2D eigenvalue weighted by molar-refractivity contribution is 6.48. The predicted molar refractivity (Wildman–Crippen MR) is 48.3 cm³/mol. The van der Waals surface area contributed by atoms with E-state index in [1.807, 2.05) is 0 Å². The van der Waals surface area contributed by atoms with Gasteiger partial charge in [-0.05, 0) is 6.92 Å². The molecule has 6 heteroatoms. The topological polar surface area (TPSA) is 58.6 Å². The first-order valence-electron chi connectivity index (χ1n) is 3.70. The Balaban J connectivity index is 2.51. The van der Waals surface area contributed by atoms with Crippen molar-refractivity contribution in [3.63, 3.8) is 0 Å². The number of carbonyl (C=O) groups is 1. The van der Waals surface area contributed by atoms with Crippen molar-refractivity contribution in [1.29, 1.82) is 0 Å². The van der Waals surface area contributed by atoms with Crippen LogP contribution >= 0.6 is 23.2 Å². The lowest BCUT2D eigenvalue weighted by Crippen LogP contribution is -2.35. The first-order valence-corrected chi connectivity index (χ1v) is 4.45. The Morgan fingerprint density at radius 2 is 2.31 bits per heavy atom. The van der Waals surface area contributed by atoms with Crippen molar-refractivity contribution in [3.05, 3.63) is 10.1 Å². The van der Waals surface area contributed by atoms with Gasteiger partial charge in [0, 0.05) is 6.54 Å². The molecule has 0 radical (unpaired) electrons. The zero-order valence-electron chi connectivity index (χ0n) is 6.88. The SMILES string of the molecule is CC(O)CNC1OC(=O)C(Cl)=C1Cl. The van der Waals surface area contributed by atoms with Gasteiger partial charge in [-0.15, -0.1) is 0 Å². The monoisotopic (exact) mass is 225 g/mol. The summed E-state index contributed by atoms with van der Waals surface area (Å²) in [5.74, 6) is -0.644. The Morgan fingerprint density at radius 3 is 2.69 bits per heavy atom. The molecule has 1 heterocycles. The van der Waals surface area contributed by atoms with Crippen molar-refractivity contribution >= 4 is 29.2 Å². The molecule has 0 fully saturated rings. The summed E-state index contributed by atoms with van der Waals surface area (Å²) in [5, 5.41) is 11.7. The Morgan fingerprint density at radius 1 is 1.69 bits per heavy atom. The summed E-state index contributed by atoms with van der Waals surface area (Å²) in [7, 11) is 0. The first kappa shape index (κ1) is 10.8. The Kier molecular flexibility index (Phi) is 3.55. The highest BCUT2D eigenvalue weighted by Gasteiger charge is 2.31. The number of carbonyl (C=O) groups excluding carboxylic acids is 1. The van der Waals surface area contributed by atoms with Gasteiger partial charge in [-0.1, -0.05) is 23.2 Å². The molecule has 0 amide bonds. The summed E-state index contributed by atoms with van der Waals surface area (Å²) in [4.78, 5) is 10.8. The van der Waals surface area contributed by atoms with E-state index in [1.54, 1.807) is 6.92 Å². The molecule has 74 valence electrons. The van der Waals surface area contributed by atoms with E-state index in [4.69, 9.17) is 33.0 Å². The van der Waals surface area contributed by atoms with Gasteiger partial charge in [0.2, 0.25) is 0 Å². The third-order valence-corrected chi connectivity index (χ3v) is 2.28. The quantitative estimate of drug-likeness (QED) is 0.689. The third-order valence-electron chi connectivity index (χ3n) is 1.44. The normalized spacial score (nSPS) is 24.9. The summed E-state index contributed by atoms with van der Waals surface area (Å²) in [5.41, 5.74) is 0. The van der Waals surface area contributed by atoms with Crippen molar-refractivity contribution in [2.75, 3.05) is 6.54 Å². The summed E-state index contributed by atoms with van der Waals surface area (Å²) in [6.45, 7) is 1.88. The molecular weight excluding hydrogens is 217 g/mol. The van der Waals surface area contributed by atoms with Crippen LogP contribution in [0.1, 0.15) is 6.92 Å². The molecule has 0 aliphatic carbocycles. The largest absolute Gasteiger partial charge is 0.437 e. The second-order valence-corrected chi connectivity index (χ2v) is 3.49. The number of ether oxygens (including phenoxy) is 1. The van der Waals surface area contributed by atoms with Crippen LogP contribution in [-0.4, -0.2) is 30.0 Å². The number of hydrogen-bond donors (Lipinski definition) is 2. The Bertz CT molecular complexity index is 252. The van der Waals surface area contributed by atoms with E-state index in [0.717, 1.165) is 0 Å². The van der Waals surface area contributed by atoms with Crippen molar-refractivity contribution in [3.8, 4) is 0 Å². The Labute approximate surface area is 85.5 Å². The molecule has 1 aliphatic heterocycles. The summed E-state index contributed by atoms with van der Waals surface area (Å²) < 4.78 is 4.74. The molecule has 13 heavy (non-hydrogen) atoms. The van der Waals surface area contributed by atoms with Gasteiger partial charge in [-0.25, -0.2) is 4.79 Å². The van der Waals surface area contributed by atoms with Gasteiger partial charge >= 0.3 is 5.97 Å². The summed E-state index contributed by atoms with van der Waals surface area (Å²) in [6, 6.07) is 0. The molecule has 0 aromatic rings. The standard InChI is InChI=1S/C7H9Cl2NO3/c1-3(11)2-10-6-4(8)5(9)7(12)13-6/h3,6,10-11H,2H2,1H3. The third kappa shape index (κ3) is 2.57. The van der Waals surface area contributed by atoms with Crippen LogP contribution in [0.25, 0.3) is 0 Å². The maximum Gasteiger partial charge on any atom is 0.353 e. The molecule has 0 aromatic heterocycles.